The molecule has 0 aromatic carbocycles. The second kappa shape index (κ2) is 13.3. The van der Waals surface area contributed by atoms with E-state index in [9.17, 15) is 29.4 Å². The zero-order chi connectivity index (χ0) is 26.8. The molecule has 0 saturated heterocycles. The van der Waals surface area contributed by atoms with Gasteiger partial charge >= 0.3 is 5.97 Å². The van der Waals surface area contributed by atoms with Crippen LogP contribution in [0.25, 0.3) is 0 Å². The maximum absolute atomic E-state index is 13.2. The Morgan fingerprint density at radius 1 is 0.917 bits per heavy atom. The fraction of sp³-hybridized carbons (Fsp3) is 0.545. The number of nitrogens with two attached hydrogens (primary N) is 1. The van der Waals surface area contributed by atoms with Crippen LogP contribution >= 0.6 is 0 Å². The predicted octanol–water partition coefficient (Wildman–Crippen LogP) is -1.79. The first-order chi connectivity index (χ1) is 17.0. The molecule has 2 rings (SSSR count). The van der Waals surface area contributed by atoms with Crippen molar-refractivity contribution in [2.75, 3.05) is 0 Å². The number of amides is 3. The number of imidazole rings is 2. The molecule has 0 fully saturated rings. The lowest BCUT2D eigenvalue weighted by Gasteiger charge is -2.28. The molecule has 2 aromatic rings. The van der Waals surface area contributed by atoms with E-state index in [1.54, 1.807) is 6.92 Å². The molecule has 14 heteroatoms. The van der Waals surface area contributed by atoms with Crippen LogP contribution in [-0.2, 0) is 32.0 Å². The van der Waals surface area contributed by atoms with E-state index in [1.165, 1.54) is 32.0 Å². The van der Waals surface area contributed by atoms with E-state index in [-0.39, 0.29) is 18.8 Å². The lowest BCUT2D eigenvalue weighted by Crippen LogP contribution is -2.60. The Kier molecular flexibility index (Phi) is 10.5. The van der Waals surface area contributed by atoms with Crippen molar-refractivity contribution < 1.29 is 29.4 Å². The number of hydrogen-bond donors (Lipinski definition) is 8. The molecule has 2 aromatic heterocycles. The number of hydrogen-bond acceptors (Lipinski definition) is 8. The van der Waals surface area contributed by atoms with Gasteiger partial charge in [-0.2, -0.15) is 0 Å². The number of aliphatic hydroxyl groups excluding tert-OH is 1. The molecule has 0 spiro atoms. The van der Waals surface area contributed by atoms with Crippen LogP contribution in [0.4, 0.5) is 0 Å². The van der Waals surface area contributed by atoms with Crippen LogP contribution in [0.2, 0.25) is 0 Å². The van der Waals surface area contributed by atoms with Crippen molar-refractivity contribution in [3.05, 3.63) is 36.4 Å². The fourth-order valence-corrected chi connectivity index (χ4v) is 3.35. The number of carboxylic acids is 1. The molecular formula is C22H34N8O6. The molecule has 36 heavy (non-hydrogen) atoms. The van der Waals surface area contributed by atoms with Gasteiger partial charge in [-0.15, -0.1) is 0 Å². The minimum atomic E-state index is -1.27. The molecular weight excluding hydrogens is 472 g/mol. The topological polar surface area (TPSA) is 228 Å². The molecule has 0 aliphatic rings. The number of aromatic nitrogens is 4. The number of aromatic amines is 2. The Balaban J connectivity index is 2.19. The average molecular weight is 507 g/mol. The molecule has 2 heterocycles. The number of rotatable bonds is 14. The summed E-state index contributed by atoms with van der Waals surface area (Å²) in [5, 5.41) is 26.8. The molecule has 9 N–H and O–H groups in total. The van der Waals surface area contributed by atoms with Crippen LogP contribution in [-0.4, -0.2) is 84.1 Å². The Morgan fingerprint density at radius 2 is 1.44 bits per heavy atom. The second-order valence-electron chi connectivity index (χ2n) is 8.66. The molecule has 3 amide bonds. The van der Waals surface area contributed by atoms with Crippen molar-refractivity contribution >= 4 is 23.7 Å². The van der Waals surface area contributed by atoms with Gasteiger partial charge in [0, 0.05) is 36.6 Å². The number of carbonyl (C=O) groups is 4. The van der Waals surface area contributed by atoms with E-state index >= 15 is 0 Å². The monoisotopic (exact) mass is 506 g/mol. The summed E-state index contributed by atoms with van der Waals surface area (Å²) >= 11 is 0. The van der Waals surface area contributed by atoms with Crippen molar-refractivity contribution in [2.24, 2.45) is 11.7 Å². The van der Waals surface area contributed by atoms with Gasteiger partial charge in [-0.25, -0.2) is 14.8 Å². The summed E-state index contributed by atoms with van der Waals surface area (Å²) in [6.45, 7) is 4.91. The first kappa shape index (κ1) is 28.5. The van der Waals surface area contributed by atoms with Crippen molar-refractivity contribution in [2.45, 2.75) is 70.3 Å². The summed E-state index contributed by atoms with van der Waals surface area (Å²) < 4.78 is 0. The van der Waals surface area contributed by atoms with Gasteiger partial charge in [0.05, 0.1) is 18.8 Å². The van der Waals surface area contributed by atoms with Crippen molar-refractivity contribution in [1.82, 2.24) is 35.9 Å². The van der Waals surface area contributed by atoms with Gasteiger partial charge in [0.15, 0.2) is 0 Å². The maximum Gasteiger partial charge on any atom is 0.326 e. The molecule has 198 valence electrons. The van der Waals surface area contributed by atoms with Gasteiger partial charge in [-0.1, -0.05) is 20.3 Å². The van der Waals surface area contributed by atoms with E-state index in [4.69, 9.17) is 5.73 Å². The van der Waals surface area contributed by atoms with Gasteiger partial charge in [0.1, 0.15) is 24.2 Å². The van der Waals surface area contributed by atoms with Gasteiger partial charge in [0.25, 0.3) is 0 Å². The van der Waals surface area contributed by atoms with Crippen molar-refractivity contribution in [3.8, 4) is 0 Å². The van der Waals surface area contributed by atoms with Crippen LogP contribution in [0.5, 0.6) is 0 Å². The third-order valence-corrected chi connectivity index (χ3v) is 5.82. The average Bonchev–Trinajstić information content (AvgIpc) is 3.54. The second-order valence-corrected chi connectivity index (χ2v) is 8.66. The third kappa shape index (κ3) is 8.16. The van der Waals surface area contributed by atoms with Gasteiger partial charge < -0.3 is 41.9 Å². The summed E-state index contributed by atoms with van der Waals surface area (Å²) in [4.78, 5) is 63.9. The number of nitrogens with one attached hydrogen (secondary N) is 5. The largest absolute Gasteiger partial charge is 0.480 e. The van der Waals surface area contributed by atoms with Crippen molar-refractivity contribution in [1.29, 1.82) is 0 Å². The Labute approximate surface area is 207 Å². The molecule has 0 bridgehead atoms. The normalized spacial score (nSPS) is 16.1. The number of H-pyrrole nitrogens is 2. The zero-order valence-electron chi connectivity index (χ0n) is 20.4. The maximum atomic E-state index is 13.2. The molecule has 6 unspecified atom stereocenters. The lowest BCUT2D eigenvalue weighted by atomic mass is 9.96. The highest BCUT2D eigenvalue weighted by molar-refractivity contribution is 5.94. The SMILES string of the molecule is CCC(C)C(NC(=O)C(Cc1cnc[nH]1)NC(=O)C(N)C(C)O)C(=O)NC(Cc1cnc[nH]1)C(=O)O. The standard InChI is InChI=1S/C22H34N8O6/c1-4-11(2)18(21(34)29-16(22(35)36)6-14-8-25-10-27-14)30-19(32)15(5-13-7-24-9-26-13)28-20(33)17(23)12(3)31/h7-12,15-18,31H,4-6,23H2,1-3H3,(H,24,26)(H,25,27)(H,28,33)(H,29,34)(H,30,32)(H,35,36). The summed E-state index contributed by atoms with van der Waals surface area (Å²) in [7, 11) is 0. The van der Waals surface area contributed by atoms with E-state index in [1.807, 2.05) is 6.92 Å². The summed E-state index contributed by atoms with van der Waals surface area (Å²) in [6, 6.07) is -4.76. The first-order valence-electron chi connectivity index (χ1n) is 11.6. The smallest absolute Gasteiger partial charge is 0.326 e. The zero-order valence-corrected chi connectivity index (χ0v) is 20.4. The number of nitrogens with zero attached hydrogens (tertiary/aromatic N) is 2. The van der Waals surface area contributed by atoms with E-state index in [2.05, 4.69) is 35.9 Å². The lowest BCUT2D eigenvalue weighted by molar-refractivity contribution is -0.142. The number of carbonyl (C=O) groups excluding carboxylic acids is 3. The first-order valence-corrected chi connectivity index (χ1v) is 11.6. The Hall–Kier alpha value is -3.78. The predicted molar refractivity (Wildman–Crippen MR) is 127 cm³/mol. The summed E-state index contributed by atoms with van der Waals surface area (Å²) in [5.41, 5.74) is 6.75. The van der Waals surface area contributed by atoms with Crippen LogP contribution in [0.3, 0.4) is 0 Å². The molecule has 0 saturated carbocycles. The summed E-state index contributed by atoms with van der Waals surface area (Å²) in [5.74, 6) is -3.73. The van der Waals surface area contributed by atoms with Gasteiger partial charge in [0.2, 0.25) is 17.7 Å². The highest BCUT2D eigenvalue weighted by atomic mass is 16.4. The molecule has 14 nitrogen and oxygen atoms in total. The Bertz CT molecular complexity index is 994. The van der Waals surface area contributed by atoms with E-state index in [0.717, 1.165) is 0 Å². The van der Waals surface area contributed by atoms with Crippen LogP contribution in [0.1, 0.15) is 38.6 Å². The third-order valence-electron chi connectivity index (χ3n) is 5.82. The molecule has 6 atom stereocenters. The van der Waals surface area contributed by atoms with E-state index < -0.39 is 54.0 Å². The van der Waals surface area contributed by atoms with Crippen LogP contribution in [0, 0.1) is 5.92 Å². The summed E-state index contributed by atoms with van der Waals surface area (Å²) in [6.07, 6.45) is 5.08. The van der Waals surface area contributed by atoms with Crippen molar-refractivity contribution in [3.63, 3.8) is 0 Å². The quantitative estimate of drug-likeness (QED) is 0.144. The molecule has 0 aliphatic heterocycles. The Morgan fingerprint density at radius 3 is 1.89 bits per heavy atom. The number of aliphatic carboxylic acids is 1. The molecule has 0 aliphatic carbocycles. The minimum Gasteiger partial charge on any atom is -0.480 e. The minimum absolute atomic E-state index is 0.0104. The van der Waals surface area contributed by atoms with Gasteiger partial charge in [-0.05, 0) is 12.8 Å². The van der Waals surface area contributed by atoms with Crippen LogP contribution in [0.15, 0.2) is 25.0 Å². The van der Waals surface area contributed by atoms with Crippen LogP contribution < -0.4 is 21.7 Å². The number of aliphatic hydroxyl groups is 1. The highest BCUT2D eigenvalue weighted by Gasteiger charge is 2.33. The fourth-order valence-electron chi connectivity index (χ4n) is 3.35. The number of carboxylic acid groups (broad SMARTS) is 1. The van der Waals surface area contributed by atoms with Gasteiger partial charge in [-0.3, -0.25) is 14.4 Å². The van der Waals surface area contributed by atoms with E-state index in [0.29, 0.717) is 17.8 Å². The molecule has 0 radical (unpaired) electrons. The highest BCUT2D eigenvalue weighted by Crippen LogP contribution is 2.11.